The van der Waals surface area contributed by atoms with Gasteiger partial charge in [-0.3, -0.25) is 4.79 Å². The number of benzene rings is 3. The van der Waals surface area contributed by atoms with Gasteiger partial charge in [-0.2, -0.15) is 5.10 Å². The fourth-order valence-electron chi connectivity index (χ4n) is 2.77. The zero-order valence-corrected chi connectivity index (χ0v) is 20.1. The molecule has 0 fully saturated rings. The van der Waals surface area contributed by atoms with Crippen molar-refractivity contribution in [3.05, 3.63) is 85.7 Å². The molecule has 6 nitrogen and oxygen atoms in total. The lowest BCUT2D eigenvalue weighted by Crippen LogP contribution is -2.17. The molecule has 0 radical (unpaired) electrons. The molecule has 0 spiro atoms. The van der Waals surface area contributed by atoms with Crippen LogP contribution in [0.3, 0.4) is 0 Å². The predicted octanol–water partition coefficient (Wildman–Crippen LogP) is 5.44. The summed E-state index contributed by atoms with van der Waals surface area (Å²) in [7, 11) is 3.02. The van der Waals surface area contributed by atoms with Gasteiger partial charge >= 0.3 is 0 Å². The smallest absolute Gasteiger partial charge is 0.271 e. The Kier molecular flexibility index (Phi) is 8.29. The molecule has 1 amide bonds. The maximum absolute atomic E-state index is 13.4. The van der Waals surface area contributed by atoms with Crippen molar-refractivity contribution in [2.75, 3.05) is 14.2 Å². The second-order valence-corrected chi connectivity index (χ2v) is 8.07. The highest BCUT2D eigenvalue weighted by Gasteiger charge is 2.13. The summed E-state index contributed by atoms with van der Waals surface area (Å²) in [6.45, 7) is 0.122. The van der Waals surface area contributed by atoms with Crippen molar-refractivity contribution in [1.29, 1.82) is 0 Å². The van der Waals surface area contributed by atoms with Crippen molar-refractivity contribution in [1.82, 2.24) is 5.43 Å². The highest BCUT2D eigenvalue weighted by atomic mass is 127. The van der Waals surface area contributed by atoms with Crippen LogP contribution in [0, 0.1) is 9.39 Å². The van der Waals surface area contributed by atoms with E-state index < -0.39 is 0 Å². The van der Waals surface area contributed by atoms with Gasteiger partial charge in [-0.05, 0) is 76.2 Å². The number of amides is 1. The molecule has 0 aromatic heterocycles. The van der Waals surface area contributed by atoms with Crippen LogP contribution in [0.2, 0.25) is 5.02 Å². The zero-order chi connectivity index (χ0) is 23.1. The molecule has 0 heterocycles. The number of halogens is 3. The van der Waals surface area contributed by atoms with Crippen molar-refractivity contribution in [2.24, 2.45) is 5.10 Å². The van der Waals surface area contributed by atoms with Gasteiger partial charge < -0.3 is 14.2 Å². The molecule has 0 bridgehead atoms. The Morgan fingerprint density at radius 2 is 1.91 bits per heavy atom. The van der Waals surface area contributed by atoms with Gasteiger partial charge in [-0.15, -0.1) is 0 Å². The van der Waals surface area contributed by atoms with E-state index in [4.69, 9.17) is 25.8 Å². The number of carbonyl (C=O) groups is 1. The molecule has 3 rings (SSSR count). The largest absolute Gasteiger partial charge is 0.496 e. The number of hydrogen-bond donors (Lipinski definition) is 1. The van der Waals surface area contributed by atoms with Crippen molar-refractivity contribution >= 4 is 46.3 Å². The van der Waals surface area contributed by atoms with Gasteiger partial charge in [0.25, 0.3) is 5.91 Å². The van der Waals surface area contributed by atoms with Crippen molar-refractivity contribution in [2.45, 2.75) is 6.61 Å². The first-order valence-corrected chi connectivity index (χ1v) is 10.8. The van der Waals surface area contributed by atoms with Gasteiger partial charge in [0.15, 0.2) is 11.5 Å². The van der Waals surface area contributed by atoms with Crippen LogP contribution in [0.1, 0.15) is 21.5 Å². The maximum atomic E-state index is 13.4. The molecule has 0 unspecified atom stereocenters. The SMILES string of the molecule is COc1cc(C(=O)N/N=C\c2cc(Cl)c(OCc3cccc(F)c3)c(OC)c2)ccc1I. The van der Waals surface area contributed by atoms with Gasteiger partial charge in [0.2, 0.25) is 0 Å². The number of ether oxygens (including phenoxy) is 3. The van der Waals surface area contributed by atoms with Crippen molar-refractivity contribution in [3.63, 3.8) is 0 Å². The van der Waals surface area contributed by atoms with E-state index in [2.05, 4.69) is 33.1 Å². The lowest BCUT2D eigenvalue weighted by atomic mass is 10.2. The monoisotopic (exact) mass is 568 g/mol. The first-order valence-electron chi connectivity index (χ1n) is 9.33. The zero-order valence-electron chi connectivity index (χ0n) is 17.2. The Bertz CT molecular complexity index is 1160. The van der Waals surface area contributed by atoms with Crippen LogP contribution in [-0.2, 0) is 6.61 Å². The number of methoxy groups -OCH3 is 2. The normalized spacial score (nSPS) is 10.8. The number of carbonyl (C=O) groups excluding carboxylic acids is 1. The molecular weight excluding hydrogens is 550 g/mol. The van der Waals surface area contributed by atoms with Gasteiger partial charge in [-0.25, -0.2) is 9.82 Å². The minimum Gasteiger partial charge on any atom is -0.496 e. The van der Waals surface area contributed by atoms with Crippen molar-refractivity contribution in [3.8, 4) is 17.2 Å². The summed E-state index contributed by atoms with van der Waals surface area (Å²) >= 11 is 8.48. The topological polar surface area (TPSA) is 69.2 Å². The molecule has 0 saturated carbocycles. The van der Waals surface area contributed by atoms with Gasteiger partial charge in [0.1, 0.15) is 18.2 Å². The molecule has 9 heteroatoms. The lowest BCUT2D eigenvalue weighted by Gasteiger charge is -2.13. The summed E-state index contributed by atoms with van der Waals surface area (Å²) in [5.74, 6) is 0.577. The molecule has 0 aliphatic rings. The van der Waals surface area contributed by atoms with Crippen LogP contribution in [0.4, 0.5) is 4.39 Å². The standard InChI is InChI=1S/C23H19ClFIN2O4/c1-30-20-11-16(6-7-19(20)26)23(29)28-27-12-15-9-18(24)22(21(10-15)31-2)32-13-14-4-3-5-17(25)8-14/h3-12H,13H2,1-2H3,(H,28,29)/b27-12-. The Morgan fingerprint density at radius 3 is 2.62 bits per heavy atom. The average molecular weight is 569 g/mol. The van der Waals surface area contributed by atoms with Crippen LogP contribution < -0.4 is 19.6 Å². The van der Waals surface area contributed by atoms with E-state index in [0.29, 0.717) is 33.9 Å². The van der Waals surface area contributed by atoms with Crippen LogP contribution in [0.15, 0.2) is 59.7 Å². The molecule has 0 aliphatic carbocycles. The summed E-state index contributed by atoms with van der Waals surface area (Å²) in [4.78, 5) is 12.3. The van der Waals surface area contributed by atoms with E-state index in [9.17, 15) is 9.18 Å². The van der Waals surface area contributed by atoms with Crippen molar-refractivity contribution < 1.29 is 23.4 Å². The summed E-state index contributed by atoms with van der Waals surface area (Å²) < 4.78 is 30.6. The number of nitrogens with zero attached hydrogens (tertiary/aromatic N) is 1. The maximum Gasteiger partial charge on any atom is 0.271 e. The predicted molar refractivity (Wildman–Crippen MR) is 130 cm³/mol. The molecule has 0 aliphatic heterocycles. The first-order chi connectivity index (χ1) is 15.4. The Hall–Kier alpha value is -2.85. The summed E-state index contributed by atoms with van der Waals surface area (Å²) in [6, 6.07) is 14.5. The van der Waals surface area contributed by atoms with Crippen LogP contribution in [0.25, 0.3) is 0 Å². The molecular formula is C23H19ClFIN2O4. The van der Waals surface area contributed by atoms with Gasteiger partial charge in [0.05, 0.1) is 29.0 Å². The van der Waals surface area contributed by atoms with Gasteiger partial charge in [-0.1, -0.05) is 23.7 Å². The van der Waals surface area contributed by atoms with Crippen LogP contribution in [-0.4, -0.2) is 26.3 Å². The quantitative estimate of drug-likeness (QED) is 0.223. The van der Waals surface area contributed by atoms with E-state index in [1.165, 1.54) is 25.5 Å². The third-order valence-electron chi connectivity index (χ3n) is 4.32. The summed E-state index contributed by atoms with van der Waals surface area (Å²) in [5.41, 5.74) is 4.12. The van der Waals surface area contributed by atoms with E-state index in [1.807, 2.05) is 0 Å². The molecule has 166 valence electrons. The second kappa shape index (κ2) is 11.1. The Morgan fingerprint density at radius 1 is 1.12 bits per heavy atom. The van der Waals surface area contributed by atoms with E-state index >= 15 is 0 Å². The summed E-state index contributed by atoms with van der Waals surface area (Å²) in [6.07, 6.45) is 1.44. The fraction of sp³-hybridized carbons (Fsp3) is 0.130. The van der Waals surface area contributed by atoms with Gasteiger partial charge in [0, 0.05) is 5.56 Å². The number of nitrogens with one attached hydrogen (secondary N) is 1. The van der Waals surface area contributed by atoms with Crippen LogP contribution >= 0.6 is 34.2 Å². The number of hydrogen-bond acceptors (Lipinski definition) is 5. The number of rotatable bonds is 8. The molecule has 32 heavy (non-hydrogen) atoms. The first kappa shape index (κ1) is 23.8. The van der Waals surface area contributed by atoms with E-state index in [0.717, 1.165) is 3.57 Å². The van der Waals surface area contributed by atoms with E-state index in [-0.39, 0.29) is 23.4 Å². The van der Waals surface area contributed by atoms with E-state index in [1.54, 1.807) is 49.6 Å². The Balaban J connectivity index is 1.69. The number of hydrazone groups is 1. The fourth-order valence-corrected chi connectivity index (χ4v) is 3.60. The third kappa shape index (κ3) is 6.10. The molecule has 1 N–H and O–H groups in total. The summed E-state index contributed by atoms with van der Waals surface area (Å²) in [5, 5.41) is 4.27. The molecule has 0 atom stereocenters. The highest BCUT2D eigenvalue weighted by Crippen LogP contribution is 2.36. The second-order valence-electron chi connectivity index (χ2n) is 6.50. The highest BCUT2D eigenvalue weighted by molar-refractivity contribution is 14.1. The molecule has 3 aromatic rings. The Labute approximate surface area is 203 Å². The minimum absolute atomic E-state index is 0.122. The third-order valence-corrected chi connectivity index (χ3v) is 5.49. The average Bonchev–Trinajstić information content (AvgIpc) is 2.78. The molecule has 3 aromatic carbocycles. The lowest BCUT2D eigenvalue weighted by molar-refractivity contribution is 0.0954. The van der Waals surface area contributed by atoms with Crippen LogP contribution in [0.5, 0.6) is 17.2 Å². The minimum atomic E-state index is -0.385. The molecule has 0 saturated heterocycles.